The number of rotatable bonds is 7. The molecule has 110 valence electrons. The molecule has 0 bridgehead atoms. The average Bonchev–Trinajstić information content (AvgIpc) is 3.19. The summed E-state index contributed by atoms with van der Waals surface area (Å²) in [6.45, 7) is 2.08. The lowest BCUT2D eigenvalue weighted by molar-refractivity contribution is 0.0800. The van der Waals surface area contributed by atoms with Gasteiger partial charge in [-0.2, -0.15) is 0 Å². The smallest absolute Gasteiger partial charge is 0.139 e. The molecule has 5 N–H and O–H groups in total. The number of nitrogens with two attached hydrogens (primary N) is 1. The van der Waals surface area contributed by atoms with Gasteiger partial charge in [0.1, 0.15) is 5.84 Å². The molecule has 0 saturated heterocycles. The standard InChI is InChI=1S/C14H27N3O2/c15-12(17-19)8-13(6-7-13)9-16-10-14(11-18)4-2-1-3-5-14/h16,18-19H,1-11H2,(H2,15,17). The van der Waals surface area contributed by atoms with Crippen LogP contribution in [0.4, 0.5) is 0 Å². The number of aliphatic hydroxyl groups excluding tert-OH is 1. The molecule has 2 fully saturated rings. The molecule has 2 saturated carbocycles. The molecule has 0 radical (unpaired) electrons. The van der Waals surface area contributed by atoms with Crippen molar-refractivity contribution in [2.75, 3.05) is 19.7 Å². The lowest BCUT2D eigenvalue weighted by Gasteiger charge is -2.36. The van der Waals surface area contributed by atoms with Crippen LogP contribution in [0.15, 0.2) is 5.16 Å². The van der Waals surface area contributed by atoms with E-state index < -0.39 is 0 Å². The first-order chi connectivity index (χ1) is 9.14. The predicted octanol–water partition coefficient (Wildman–Crippen LogP) is 1.44. The predicted molar refractivity (Wildman–Crippen MR) is 75.2 cm³/mol. The van der Waals surface area contributed by atoms with Crippen LogP contribution in [0.5, 0.6) is 0 Å². The van der Waals surface area contributed by atoms with E-state index >= 15 is 0 Å². The summed E-state index contributed by atoms with van der Waals surface area (Å²) < 4.78 is 0. The van der Waals surface area contributed by atoms with Crippen molar-refractivity contribution in [2.24, 2.45) is 21.7 Å². The molecule has 0 aliphatic heterocycles. The van der Waals surface area contributed by atoms with Crippen molar-refractivity contribution in [1.82, 2.24) is 5.32 Å². The fraction of sp³-hybridized carbons (Fsp3) is 0.929. The van der Waals surface area contributed by atoms with Crippen LogP contribution in [-0.4, -0.2) is 35.8 Å². The maximum absolute atomic E-state index is 9.66. The highest BCUT2D eigenvalue weighted by Gasteiger charge is 2.43. The van der Waals surface area contributed by atoms with E-state index in [4.69, 9.17) is 10.9 Å². The molecule has 5 heteroatoms. The molecule has 0 aromatic rings. The molecule has 2 aliphatic rings. The fourth-order valence-electron chi connectivity index (χ4n) is 3.30. The van der Waals surface area contributed by atoms with E-state index in [-0.39, 0.29) is 17.4 Å². The van der Waals surface area contributed by atoms with Crippen molar-refractivity contribution < 1.29 is 10.3 Å². The summed E-state index contributed by atoms with van der Waals surface area (Å²) in [6, 6.07) is 0. The lowest BCUT2D eigenvalue weighted by Crippen LogP contribution is -2.41. The van der Waals surface area contributed by atoms with Gasteiger partial charge in [0.15, 0.2) is 0 Å². The Morgan fingerprint density at radius 1 is 1.05 bits per heavy atom. The third-order valence-electron chi connectivity index (χ3n) is 4.89. The van der Waals surface area contributed by atoms with Gasteiger partial charge in [-0.05, 0) is 31.1 Å². The summed E-state index contributed by atoms with van der Waals surface area (Å²) in [6.07, 6.45) is 8.98. The number of amidine groups is 1. The fourth-order valence-corrected chi connectivity index (χ4v) is 3.30. The van der Waals surface area contributed by atoms with Gasteiger partial charge in [0.2, 0.25) is 0 Å². The molecule has 2 aliphatic carbocycles. The third-order valence-corrected chi connectivity index (χ3v) is 4.89. The van der Waals surface area contributed by atoms with Crippen LogP contribution in [0.2, 0.25) is 0 Å². The number of hydrogen-bond donors (Lipinski definition) is 4. The maximum atomic E-state index is 9.66. The Morgan fingerprint density at radius 2 is 1.68 bits per heavy atom. The van der Waals surface area contributed by atoms with E-state index in [1.807, 2.05) is 0 Å². The SMILES string of the molecule is NC(CC1(CNCC2(CO)CCCCC2)CC1)=NO. The molecule has 0 aromatic heterocycles. The van der Waals surface area contributed by atoms with E-state index in [0.717, 1.165) is 38.8 Å². The average molecular weight is 269 g/mol. The van der Waals surface area contributed by atoms with E-state index in [1.54, 1.807) is 0 Å². The normalized spacial score (nSPS) is 25.2. The quantitative estimate of drug-likeness (QED) is 0.243. The van der Waals surface area contributed by atoms with Crippen LogP contribution in [0.3, 0.4) is 0 Å². The molecule has 0 atom stereocenters. The first-order valence-corrected chi connectivity index (χ1v) is 7.42. The topological polar surface area (TPSA) is 90.9 Å². The highest BCUT2D eigenvalue weighted by molar-refractivity contribution is 5.80. The van der Waals surface area contributed by atoms with Crippen LogP contribution in [0.1, 0.15) is 51.4 Å². The molecule has 2 rings (SSSR count). The Kier molecular flexibility index (Phi) is 4.68. The van der Waals surface area contributed by atoms with E-state index in [0.29, 0.717) is 12.3 Å². The molecule has 0 aromatic carbocycles. The Hall–Kier alpha value is -0.810. The van der Waals surface area contributed by atoms with Crippen molar-refractivity contribution in [3.05, 3.63) is 0 Å². The van der Waals surface area contributed by atoms with Crippen LogP contribution < -0.4 is 11.1 Å². The van der Waals surface area contributed by atoms with Crippen LogP contribution in [-0.2, 0) is 0 Å². The first kappa shape index (κ1) is 14.6. The second-order valence-electron chi connectivity index (χ2n) is 6.59. The maximum Gasteiger partial charge on any atom is 0.139 e. The largest absolute Gasteiger partial charge is 0.409 e. The molecule has 0 spiro atoms. The second-order valence-corrected chi connectivity index (χ2v) is 6.59. The van der Waals surface area contributed by atoms with Crippen molar-refractivity contribution in [2.45, 2.75) is 51.4 Å². The summed E-state index contributed by atoms with van der Waals surface area (Å²) in [7, 11) is 0. The van der Waals surface area contributed by atoms with Gasteiger partial charge in [-0.15, -0.1) is 0 Å². The molecular formula is C14H27N3O2. The summed E-state index contributed by atoms with van der Waals surface area (Å²) in [5.74, 6) is 0.328. The van der Waals surface area contributed by atoms with Crippen LogP contribution in [0.25, 0.3) is 0 Å². The Morgan fingerprint density at radius 3 is 2.21 bits per heavy atom. The summed E-state index contributed by atoms with van der Waals surface area (Å²) in [5, 5.41) is 24.9. The van der Waals surface area contributed by atoms with E-state index in [1.165, 1.54) is 19.3 Å². The first-order valence-electron chi connectivity index (χ1n) is 7.42. The van der Waals surface area contributed by atoms with E-state index in [2.05, 4.69) is 10.5 Å². The highest BCUT2D eigenvalue weighted by atomic mass is 16.4. The minimum Gasteiger partial charge on any atom is -0.409 e. The van der Waals surface area contributed by atoms with Crippen LogP contribution in [0, 0.1) is 10.8 Å². The summed E-state index contributed by atoms with van der Waals surface area (Å²) in [4.78, 5) is 0. The van der Waals surface area contributed by atoms with Crippen LogP contribution >= 0.6 is 0 Å². The van der Waals surface area contributed by atoms with Gasteiger partial charge >= 0.3 is 0 Å². The number of aliphatic hydroxyl groups is 1. The van der Waals surface area contributed by atoms with Gasteiger partial charge in [0.05, 0.1) is 0 Å². The molecule has 19 heavy (non-hydrogen) atoms. The van der Waals surface area contributed by atoms with Gasteiger partial charge < -0.3 is 21.4 Å². The second kappa shape index (κ2) is 6.09. The van der Waals surface area contributed by atoms with Gasteiger partial charge in [-0.1, -0.05) is 24.4 Å². The molecule has 0 unspecified atom stereocenters. The van der Waals surface area contributed by atoms with Gasteiger partial charge in [-0.25, -0.2) is 0 Å². The number of nitrogens with zero attached hydrogens (tertiary/aromatic N) is 1. The lowest BCUT2D eigenvalue weighted by atomic mass is 9.74. The number of nitrogens with one attached hydrogen (secondary N) is 1. The van der Waals surface area contributed by atoms with Crippen molar-refractivity contribution in [3.63, 3.8) is 0 Å². The van der Waals surface area contributed by atoms with Crippen molar-refractivity contribution in [1.29, 1.82) is 0 Å². The Bertz CT molecular complexity index is 321. The number of oxime groups is 1. The Labute approximate surface area is 115 Å². The van der Waals surface area contributed by atoms with E-state index in [9.17, 15) is 5.11 Å². The zero-order valence-electron chi connectivity index (χ0n) is 11.7. The van der Waals surface area contributed by atoms with Gasteiger partial charge in [0, 0.05) is 31.5 Å². The zero-order valence-corrected chi connectivity index (χ0v) is 11.7. The molecule has 5 nitrogen and oxygen atoms in total. The summed E-state index contributed by atoms with van der Waals surface area (Å²) >= 11 is 0. The molecule has 0 amide bonds. The Balaban J connectivity index is 1.76. The minimum atomic E-state index is 0.0882. The van der Waals surface area contributed by atoms with Crippen molar-refractivity contribution >= 4 is 5.84 Å². The third kappa shape index (κ3) is 3.83. The summed E-state index contributed by atoms with van der Waals surface area (Å²) in [5.41, 5.74) is 5.88. The number of hydrogen-bond acceptors (Lipinski definition) is 4. The van der Waals surface area contributed by atoms with Gasteiger partial charge in [-0.3, -0.25) is 0 Å². The zero-order chi connectivity index (χ0) is 13.8. The molecule has 0 heterocycles. The van der Waals surface area contributed by atoms with Crippen molar-refractivity contribution in [3.8, 4) is 0 Å². The highest BCUT2D eigenvalue weighted by Crippen LogP contribution is 2.48. The minimum absolute atomic E-state index is 0.0882. The monoisotopic (exact) mass is 269 g/mol. The van der Waals surface area contributed by atoms with Gasteiger partial charge in [0.25, 0.3) is 0 Å². The molecular weight excluding hydrogens is 242 g/mol.